The molecule has 20 heavy (non-hydrogen) atoms. The van der Waals surface area contributed by atoms with Crippen molar-refractivity contribution in [3.8, 4) is 0 Å². The van der Waals surface area contributed by atoms with Gasteiger partial charge < -0.3 is 5.73 Å². The van der Waals surface area contributed by atoms with Gasteiger partial charge in [-0.05, 0) is 24.3 Å². The summed E-state index contributed by atoms with van der Waals surface area (Å²) >= 11 is 0. The van der Waals surface area contributed by atoms with Crippen LogP contribution in [-0.4, -0.2) is 18.6 Å². The lowest BCUT2D eigenvalue weighted by Gasteiger charge is -2.14. The minimum absolute atomic E-state index is 0.127. The molecule has 1 heterocycles. The summed E-state index contributed by atoms with van der Waals surface area (Å²) in [5.74, 6) is 0.270. The fourth-order valence-electron chi connectivity index (χ4n) is 1.60. The zero-order valence-corrected chi connectivity index (χ0v) is 12.5. The molecular formula is C13H18N4O2S. The molecule has 0 bridgehead atoms. The Bertz CT molecular complexity index is 697. The Hall–Kier alpha value is -2.02. The van der Waals surface area contributed by atoms with Gasteiger partial charge in [-0.3, -0.25) is 9.82 Å². The van der Waals surface area contributed by atoms with Crippen LogP contribution in [0, 0.1) is 0 Å². The number of nitrogen functional groups attached to an aromatic ring is 1. The van der Waals surface area contributed by atoms with Crippen LogP contribution in [0.2, 0.25) is 0 Å². The van der Waals surface area contributed by atoms with Crippen LogP contribution in [0.3, 0.4) is 0 Å². The van der Waals surface area contributed by atoms with Gasteiger partial charge in [0.1, 0.15) is 0 Å². The van der Waals surface area contributed by atoms with Gasteiger partial charge in [0.2, 0.25) is 0 Å². The maximum absolute atomic E-state index is 12.2. The number of aromatic amines is 1. The maximum atomic E-state index is 12.2. The first-order chi connectivity index (χ1) is 9.18. The predicted octanol–water partition coefficient (Wildman–Crippen LogP) is 2.09. The maximum Gasteiger partial charge on any atom is 0.263 e. The number of rotatable bonds is 3. The van der Waals surface area contributed by atoms with E-state index in [0.717, 1.165) is 5.69 Å². The fourth-order valence-corrected chi connectivity index (χ4v) is 2.59. The van der Waals surface area contributed by atoms with Crippen LogP contribution in [0.25, 0.3) is 0 Å². The molecule has 6 nitrogen and oxygen atoms in total. The summed E-state index contributed by atoms with van der Waals surface area (Å²) in [6.07, 6.45) is 0. The standard InChI is InChI=1S/C13H18N4O2S/c1-13(2,3)11-8-12(16-15-11)17-20(18,19)10-6-4-9(14)5-7-10/h4-8H,14H2,1-3H3,(H2,15,16,17). The summed E-state index contributed by atoms with van der Waals surface area (Å²) < 4.78 is 26.8. The number of sulfonamides is 1. The van der Waals surface area contributed by atoms with E-state index in [1.807, 2.05) is 20.8 Å². The summed E-state index contributed by atoms with van der Waals surface area (Å²) in [7, 11) is -3.65. The molecule has 0 saturated carbocycles. The van der Waals surface area contributed by atoms with Crippen LogP contribution in [0.1, 0.15) is 26.5 Å². The monoisotopic (exact) mass is 294 g/mol. The second-order valence-corrected chi connectivity index (χ2v) is 7.27. The van der Waals surface area contributed by atoms with Crippen molar-refractivity contribution in [2.75, 3.05) is 10.5 Å². The molecule has 0 fully saturated rings. The van der Waals surface area contributed by atoms with Gasteiger partial charge in [0, 0.05) is 22.9 Å². The van der Waals surface area contributed by atoms with Crippen LogP contribution in [0.4, 0.5) is 11.5 Å². The highest BCUT2D eigenvalue weighted by molar-refractivity contribution is 7.92. The molecule has 2 rings (SSSR count). The third-order valence-corrected chi connectivity index (χ3v) is 4.19. The number of hydrogen-bond acceptors (Lipinski definition) is 4. The number of anilines is 2. The zero-order chi connectivity index (χ0) is 15.0. The van der Waals surface area contributed by atoms with E-state index in [-0.39, 0.29) is 16.1 Å². The van der Waals surface area contributed by atoms with E-state index in [1.54, 1.807) is 18.2 Å². The van der Waals surface area contributed by atoms with Crippen molar-refractivity contribution in [3.05, 3.63) is 36.0 Å². The molecule has 108 valence electrons. The van der Waals surface area contributed by atoms with Crippen molar-refractivity contribution in [2.24, 2.45) is 0 Å². The molecule has 0 unspecified atom stereocenters. The van der Waals surface area contributed by atoms with Gasteiger partial charge in [0.25, 0.3) is 10.0 Å². The van der Waals surface area contributed by atoms with Crippen molar-refractivity contribution in [1.82, 2.24) is 10.2 Å². The minimum atomic E-state index is -3.65. The van der Waals surface area contributed by atoms with Crippen LogP contribution >= 0.6 is 0 Å². The van der Waals surface area contributed by atoms with Crippen molar-refractivity contribution < 1.29 is 8.42 Å². The Morgan fingerprint density at radius 1 is 1.20 bits per heavy atom. The normalized spacial score (nSPS) is 12.3. The third kappa shape index (κ3) is 3.11. The van der Waals surface area contributed by atoms with Crippen molar-refractivity contribution in [1.29, 1.82) is 0 Å². The smallest absolute Gasteiger partial charge is 0.263 e. The molecular weight excluding hydrogens is 276 g/mol. The first-order valence-electron chi connectivity index (χ1n) is 6.13. The molecule has 7 heteroatoms. The fraction of sp³-hybridized carbons (Fsp3) is 0.308. The third-order valence-electron chi connectivity index (χ3n) is 2.82. The largest absolute Gasteiger partial charge is 0.399 e. The lowest BCUT2D eigenvalue weighted by atomic mass is 9.92. The highest BCUT2D eigenvalue weighted by Crippen LogP contribution is 2.23. The molecule has 0 aliphatic rings. The molecule has 0 aliphatic heterocycles. The summed E-state index contributed by atoms with van der Waals surface area (Å²) in [6, 6.07) is 7.68. The number of nitrogens with one attached hydrogen (secondary N) is 2. The molecule has 2 aromatic rings. The van der Waals surface area contributed by atoms with Gasteiger partial charge >= 0.3 is 0 Å². The van der Waals surface area contributed by atoms with Crippen LogP contribution in [-0.2, 0) is 15.4 Å². The molecule has 0 aliphatic carbocycles. The molecule has 0 radical (unpaired) electrons. The van der Waals surface area contributed by atoms with Gasteiger partial charge in [-0.1, -0.05) is 20.8 Å². The van der Waals surface area contributed by atoms with E-state index >= 15 is 0 Å². The number of benzene rings is 1. The van der Waals surface area contributed by atoms with Gasteiger partial charge in [-0.15, -0.1) is 0 Å². The summed E-state index contributed by atoms with van der Waals surface area (Å²) in [5.41, 5.74) is 6.78. The first-order valence-corrected chi connectivity index (χ1v) is 7.61. The quantitative estimate of drug-likeness (QED) is 0.754. The lowest BCUT2D eigenvalue weighted by Crippen LogP contribution is -2.13. The highest BCUT2D eigenvalue weighted by Gasteiger charge is 2.20. The Balaban J connectivity index is 2.25. The van der Waals surface area contributed by atoms with Crippen LogP contribution in [0.5, 0.6) is 0 Å². The minimum Gasteiger partial charge on any atom is -0.399 e. The Kier molecular flexibility index (Phi) is 3.47. The van der Waals surface area contributed by atoms with Crippen molar-refractivity contribution in [2.45, 2.75) is 31.1 Å². The molecule has 0 atom stereocenters. The Morgan fingerprint density at radius 3 is 2.30 bits per heavy atom. The van der Waals surface area contributed by atoms with E-state index < -0.39 is 10.0 Å². The van der Waals surface area contributed by atoms with Crippen molar-refractivity contribution >= 4 is 21.5 Å². The van der Waals surface area contributed by atoms with Crippen LogP contribution in [0.15, 0.2) is 35.2 Å². The Labute approximate surface area is 118 Å². The average molecular weight is 294 g/mol. The number of nitrogens with zero attached hydrogens (tertiary/aromatic N) is 1. The molecule has 1 aromatic carbocycles. The summed E-state index contributed by atoms with van der Waals surface area (Å²) in [4.78, 5) is 0.145. The highest BCUT2D eigenvalue weighted by atomic mass is 32.2. The number of hydrogen-bond donors (Lipinski definition) is 3. The van der Waals surface area contributed by atoms with Gasteiger partial charge in [-0.2, -0.15) is 5.10 Å². The number of H-pyrrole nitrogens is 1. The predicted molar refractivity (Wildman–Crippen MR) is 79.0 cm³/mol. The summed E-state index contributed by atoms with van der Waals surface area (Å²) in [5, 5.41) is 6.80. The average Bonchev–Trinajstić information content (AvgIpc) is 2.77. The second kappa shape index (κ2) is 4.82. The Morgan fingerprint density at radius 2 is 1.80 bits per heavy atom. The zero-order valence-electron chi connectivity index (χ0n) is 11.6. The molecule has 0 saturated heterocycles. The SMILES string of the molecule is CC(C)(C)c1cc(NS(=O)(=O)c2ccc(N)cc2)n[nH]1. The van der Waals surface area contributed by atoms with Crippen molar-refractivity contribution in [3.63, 3.8) is 0 Å². The summed E-state index contributed by atoms with van der Waals surface area (Å²) in [6.45, 7) is 6.04. The van der Waals surface area contributed by atoms with E-state index in [1.165, 1.54) is 12.1 Å². The lowest BCUT2D eigenvalue weighted by molar-refractivity contribution is 0.567. The molecule has 4 N–H and O–H groups in total. The first kappa shape index (κ1) is 14.4. The van der Waals surface area contributed by atoms with Gasteiger partial charge in [0.15, 0.2) is 5.82 Å². The van der Waals surface area contributed by atoms with Crippen LogP contribution < -0.4 is 10.5 Å². The van der Waals surface area contributed by atoms with Gasteiger partial charge in [-0.25, -0.2) is 8.42 Å². The van der Waals surface area contributed by atoms with E-state index in [4.69, 9.17) is 5.73 Å². The van der Waals surface area contributed by atoms with E-state index in [0.29, 0.717) is 5.69 Å². The topological polar surface area (TPSA) is 101 Å². The van der Waals surface area contributed by atoms with Gasteiger partial charge in [0.05, 0.1) is 4.90 Å². The molecule has 0 amide bonds. The number of nitrogens with two attached hydrogens (primary N) is 1. The van der Waals surface area contributed by atoms with E-state index in [9.17, 15) is 8.42 Å². The molecule has 1 aromatic heterocycles. The number of aromatic nitrogens is 2. The van der Waals surface area contributed by atoms with E-state index in [2.05, 4.69) is 14.9 Å². The second-order valence-electron chi connectivity index (χ2n) is 5.59. The molecule has 0 spiro atoms.